The van der Waals surface area contributed by atoms with Crippen molar-refractivity contribution in [2.24, 2.45) is 0 Å². The highest BCUT2D eigenvalue weighted by Gasteiger charge is 2.25. The number of ether oxygens (including phenoxy) is 4. The van der Waals surface area contributed by atoms with Crippen molar-refractivity contribution < 1.29 is 23.7 Å². The van der Waals surface area contributed by atoms with Crippen molar-refractivity contribution in [2.45, 2.75) is 25.4 Å². The van der Waals surface area contributed by atoms with Crippen LogP contribution in [0.3, 0.4) is 0 Å². The van der Waals surface area contributed by atoms with Crippen LogP contribution >= 0.6 is 0 Å². The first-order valence-electron chi connectivity index (χ1n) is 8.22. The standard InChI is InChI=1S/C20H22O5/c1-22-17-10-13(11-18(23-2)20(17)24-3)12-19(21)25-16-9-8-14-6-4-5-7-15(14)16/h4-7,10-11,16H,8-9,12H2,1-3H3/t16-/m0/s1. The molecule has 1 atom stereocenters. The molecule has 132 valence electrons. The number of methoxy groups -OCH3 is 3. The third kappa shape index (κ3) is 3.55. The van der Waals surface area contributed by atoms with Crippen LogP contribution in [0.15, 0.2) is 36.4 Å². The molecule has 0 aromatic heterocycles. The first-order chi connectivity index (χ1) is 12.2. The predicted octanol–water partition coefficient (Wildman–Crippen LogP) is 3.49. The van der Waals surface area contributed by atoms with E-state index in [4.69, 9.17) is 18.9 Å². The average molecular weight is 342 g/mol. The minimum atomic E-state index is -0.268. The first kappa shape index (κ1) is 17.1. The zero-order valence-electron chi connectivity index (χ0n) is 14.7. The molecule has 5 nitrogen and oxygen atoms in total. The molecule has 0 amide bonds. The fraction of sp³-hybridized carbons (Fsp3) is 0.350. The lowest BCUT2D eigenvalue weighted by atomic mass is 10.1. The summed E-state index contributed by atoms with van der Waals surface area (Å²) >= 11 is 0. The van der Waals surface area contributed by atoms with Crippen LogP contribution in [0, 0.1) is 0 Å². The predicted molar refractivity (Wildman–Crippen MR) is 93.4 cm³/mol. The van der Waals surface area contributed by atoms with E-state index in [0.29, 0.717) is 17.2 Å². The summed E-state index contributed by atoms with van der Waals surface area (Å²) in [5.74, 6) is 1.29. The van der Waals surface area contributed by atoms with Gasteiger partial charge in [-0.15, -0.1) is 0 Å². The summed E-state index contributed by atoms with van der Waals surface area (Å²) in [7, 11) is 4.65. The van der Waals surface area contributed by atoms with Crippen LogP contribution < -0.4 is 14.2 Å². The molecule has 2 aromatic carbocycles. The van der Waals surface area contributed by atoms with E-state index < -0.39 is 0 Å². The number of hydrogen-bond donors (Lipinski definition) is 0. The Morgan fingerprint density at radius 1 is 1.04 bits per heavy atom. The van der Waals surface area contributed by atoms with E-state index in [9.17, 15) is 4.79 Å². The van der Waals surface area contributed by atoms with E-state index in [1.807, 2.05) is 18.2 Å². The molecule has 25 heavy (non-hydrogen) atoms. The van der Waals surface area contributed by atoms with Gasteiger partial charge in [0.2, 0.25) is 5.75 Å². The van der Waals surface area contributed by atoms with Crippen molar-refractivity contribution in [3.63, 3.8) is 0 Å². The lowest BCUT2D eigenvalue weighted by molar-refractivity contribution is -0.148. The van der Waals surface area contributed by atoms with Gasteiger partial charge in [-0.1, -0.05) is 24.3 Å². The summed E-state index contributed by atoms with van der Waals surface area (Å²) in [5, 5.41) is 0. The largest absolute Gasteiger partial charge is 0.493 e. The number of benzene rings is 2. The molecule has 1 aliphatic carbocycles. The van der Waals surface area contributed by atoms with Crippen molar-refractivity contribution >= 4 is 5.97 Å². The monoisotopic (exact) mass is 342 g/mol. The zero-order chi connectivity index (χ0) is 17.8. The summed E-state index contributed by atoms with van der Waals surface area (Å²) in [6, 6.07) is 11.6. The molecule has 1 aliphatic rings. The smallest absolute Gasteiger partial charge is 0.310 e. The Morgan fingerprint density at radius 2 is 1.72 bits per heavy atom. The highest BCUT2D eigenvalue weighted by molar-refractivity contribution is 5.74. The van der Waals surface area contributed by atoms with E-state index in [1.165, 1.54) is 5.56 Å². The molecule has 5 heteroatoms. The van der Waals surface area contributed by atoms with Crippen LogP contribution in [0.2, 0.25) is 0 Å². The lowest BCUT2D eigenvalue weighted by Gasteiger charge is -2.16. The molecular formula is C20H22O5. The van der Waals surface area contributed by atoms with Gasteiger partial charge in [0.1, 0.15) is 6.10 Å². The second-order valence-electron chi connectivity index (χ2n) is 5.93. The molecule has 0 fully saturated rings. The van der Waals surface area contributed by atoms with Gasteiger partial charge in [-0.2, -0.15) is 0 Å². The van der Waals surface area contributed by atoms with Gasteiger partial charge in [-0.25, -0.2) is 0 Å². The van der Waals surface area contributed by atoms with Gasteiger partial charge in [0, 0.05) is 0 Å². The van der Waals surface area contributed by atoms with Gasteiger partial charge in [-0.05, 0) is 41.7 Å². The number of aryl methyl sites for hydroxylation is 1. The Balaban J connectivity index is 1.73. The first-order valence-corrected chi connectivity index (χ1v) is 8.22. The minimum absolute atomic E-state index is 0.148. The average Bonchev–Trinajstić information content (AvgIpc) is 3.03. The maximum Gasteiger partial charge on any atom is 0.310 e. The van der Waals surface area contributed by atoms with E-state index in [-0.39, 0.29) is 18.5 Å². The molecule has 0 unspecified atom stereocenters. The van der Waals surface area contributed by atoms with Crippen molar-refractivity contribution in [3.8, 4) is 17.2 Å². The number of esters is 1. The molecule has 0 saturated heterocycles. The van der Waals surface area contributed by atoms with E-state index >= 15 is 0 Å². The Morgan fingerprint density at radius 3 is 2.36 bits per heavy atom. The molecule has 0 radical (unpaired) electrons. The number of hydrogen-bond acceptors (Lipinski definition) is 5. The third-order valence-electron chi connectivity index (χ3n) is 4.42. The van der Waals surface area contributed by atoms with Gasteiger partial charge in [-0.3, -0.25) is 4.79 Å². The van der Waals surface area contributed by atoms with Gasteiger partial charge in [0.15, 0.2) is 11.5 Å². The topological polar surface area (TPSA) is 54.0 Å². The Labute approximate surface area is 147 Å². The van der Waals surface area contributed by atoms with Gasteiger partial charge in [0.05, 0.1) is 27.8 Å². The van der Waals surface area contributed by atoms with E-state index in [1.54, 1.807) is 33.5 Å². The summed E-state index contributed by atoms with van der Waals surface area (Å²) in [4.78, 5) is 12.4. The SMILES string of the molecule is COc1cc(CC(=O)O[C@H]2CCc3ccccc32)cc(OC)c1OC. The number of carbonyl (C=O) groups excluding carboxylic acids is 1. The lowest BCUT2D eigenvalue weighted by Crippen LogP contribution is -2.12. The van der Waals surface area contributed by atoms with Gasteiger partial charge >= 0.3 is 5.97 Å². The molecule has 0 saturated carbocycles. The van der Waals surface area contributed by atoms with Crippen LogP contribution in [0.1, 0.15) is 29.2 Å². The van der Waals surface area contributed by atoms with Crippen LogP contribution in [0.5, 0.6) is 17.2 Å². The number of rotatable bonds is 6. The van der Waals surface area contributed by atoms with Crippen LogP contribution in [0.4, 0.5) is 0 Å². The summed E-state index contributed by atoms with van der Waals surface area (Å²) < 4.78 is 21.6. The van der Waals surface area contributed by atoms with E-state index in [2.05, 4.69) is 6.07 Å². The molecule has 0 heterocycles. The van der Waals surface area contributed by atoms with Gasteiger partial charge in [0.25, 0.3) is 0 Å². The molecule has 0 N–H and O–H groups in total. The van der Waals surface area contributed by atoms with Crippen molar-refractivity contribution in [1.82, 2.24) is 0 Å². The highest BCUT2D eigenvalue weighted by Crippen LogP contribution is 2.39. The number of fused-ring (bicyclic) bond motifs is 1. The van der Waals surface area contributed by atoms with Crippen molar-refractivity contribution in [1.29, 1.82) is 0 Å². The van der Waals surface area contributed by atoms with E-state index in [0.717, 1.165) is 24.0 Å². The molecule has 3 rings (SSSR count). The fourth-order valence-corrected chi connectivity index (χ4v) is 3.24. The quantitative estimate of drug-likeness (QED) is 0.752. The minimum Gasteiger partial charge on any atom is -0.493 e. The summed E-state index contributed by atoms with van der Waals surface area (Å²) in [6.07, 6.45) is 1.76. The number of carbonyl (C=O) groups is 1. The Kier molecular flexibility index (Phi) is 5.12. The molecule has 2 aromatic rings. The zero-order valence-corrected chi connectivity index (χ0v) is 14.7. The Bertz CT molecular complexity index is 743. The molecule has 0 aliphatic heterocycles. The van der Waals surface area contributed by atoms with Gasteiger partial charge < -0.3 is 18.9 Å². The maximum atomic E-state index is 12.4. The summed E-state index contributed by atoms with van der Waals surface area (Å²) in [6.45, 7) is 0. The third-order valence-corrected chi connectivity index (χ3v) is 4.42. The molecule has 0 spiro atoms. The van der Waals surface area contributed by atoms with Crippen molar-refractivity contribution in [2.75, 3.05) is 21.3 Å². The normalized spacial score (nSPS) is 15.4. The maximum absolute atomic E-state index is 12.4. The summed E-state index contributed by atoms with van der Waals surface area (Å²) in [5.41, 5.74) is 3.12. The van der Waals surface area contributed by atoms with Crippen molar-refractivity contribution in [3.05, 3.63) is 53.1 Å². The second kappa shape index (κ2) is 7.47. The molecule has 0 bridgehead atoms. The Hall–Kier alpha value is -2.69. The fourth-order valence-electron chi connectivity index (χ4n) is 3.24. The van der Waals surface area contributed by atoms with Crippen LogP contribution in [-0.4, -0.2) is 27.3 Å². The highest BCUT2D eigenvalue weighted by atomic mass is 16.5. The molecular weight excluding hydrogens is 320 g/mol. The van der Waals surface area contributed by atoms with Crippen LogP contribution in [0.25, 0.3) is 0 Å². The van der Waals surface area contributed by atoms with Crippen LogP contribution in [-0.2, 0) is 22.4 Å². The second-order valence-corrected chi connectivity index (χ2v) is 5.93.